The SMILES string of the molecule is Cc1c(NC(=O)c2cc(C(F)(F)F)nc3ccc(Br)cc23)c(C(F)(F)F)nn1Cc1ccc(C(=O)N(C)C)cn1. The van der Waals surface area contributed by atoms with E-state index < -0.39 is 40.9 Å². The van der Waals surface area contributed by atoms with Crippen LogP contribution in [0.1, 0.15) is 43.5 Å². The molecule has 0 spiro atoms. The Labute approximate surface area is 231 Å². The molecule has 210 valence electrons. The van der Waals surface area contributed by atoms with Crippen LogP contribution in [0.15, 0.2) is 47.1 Å². The molecule has 8 nitrogen and oxygen atoms in total. The number of pyridine rings is 2. The zero-order chi connectivity index (χ0) is 29.6. The van der Waals surface area contributed by atoms with Crippen molar-refractivity contribution in [3.05, 3.63) is 81.0 Å². The molecule has 40 heavy (non-hydrogen) atoms. The third-order valence-electron chi connectivity index (χ3n) is 5.81. The third-order valence-corrected chi connectivity index (χ3v) is 6.30. The third kappa shape index (κ3) is 5.93. The lowest BCUT2D eigenvalue weighted by Gasteiger charge is -2.13. The normalized spacial score (nSPS) is 12.1. The number of anilines is 1. The molecule has 0 unspecified atom stereocenters. The van der Waals surface area contributed by atoms with Gasteiger partial charge in [-0.3, -0.25) is 19.3 Å². The second kappa shape index (κ2) is 10.5. The summed E-state index contributed by atoms with van der Waals surface area (Å²) in [7, 11) is 3.10. The molecule has 1 aromatic carbocycles. The monoisotopic (exact) mass is 628 g/mol. The van der Waals surface area contributed by atoms with E-state index >= 15 is 0 Å². The Hall–Kier alpha value is -4.01. The lowest BCUT2D eigenvalue weighted by molar-refractivity contribution is -0.141. The van der Waals surface area contributed by atoms with Gasteiger partial charge >= 0.3 is 12.4 Å². The number of fused-ring (bicyclic) bond motifs is 1. The van der Waals surface area contributed by atoms with E-state index in [-0.39, 0.29) is 40.3 Å². The molecule has 0 atom stereocenters. The maximum Gasteiger partial charge on any atom is 0.437 e. The lowest BCUT2D eigenvalue weighted by atomic mass is 10.1. The van der Waals surface area contributed by atoms with Gasteiger partial charge in [0.1, 0.15) is 5.69 Å². The van der Waals surface area contributed by atoms with E-state index in [1.807, 2.05) is 0 Å². The zero-order valence-corrected chi connectivity index (χ0v) is 22.5. The molecular formula is C25H19BrF6N6O2. The summed E-state index contributed by atoms with van der Waals surface area (Å²) in [6.07, 6.45) is -8.64. The summed E-state index contributed by atoms with van der Waals surface area (Å²) in [5.74, 6) is -1.53. The van der Waals surface area contributed by atoms with Crippen LogP contribution in [0.3, 0.4) is 0 Å². The Bertz CT molecular complexity index is 1610. The van der Waals surface area contributed by atoms with Gasteiger partial charge in [-0.05, 0) is 43.3 Å². The molecule has 0 fully saturated rings. The Morgan fingerprint density at radius 3 is 2.30 bits per heavy atom. The van der Waals surface area contributed by atoms with Crippen molar-refractivity contribution >= 4 is 44.3 Å². The van der Waals surface area contributed by atoms with E-state index in [4.69, 9.17) is 0 Å². The predicted molar refractivity (Wildman–Crippen MR) is 136 cm³/mol. The van der Waals surface area contributed by atoms with Crippen LogP contribution in [0, 0.1) is 6.92 Å². The van der Waals surface area contributed by atoms with Crippen molar-refractivity contribution < 1.29 is 35.9 Å². The summed E-state index contributed by atoms with van der Waals surface area (Å²) in [6, 6.07) is 7.40. The van der Waals surface area contributed by atoms with Crippen LogP contribution in [0.2, 0.25) is 0 Å². The van der Waals surface area contributed by atoms with Crippen LogP contribution in [-0.2, 0) is 18.9 Å². The van der Waals surface area contributed by atoms with Crippen LogP contribution in [0.5, 0.6) is 0 Å². The second-order valence-electron chi connectivity index (χ2n) is 8.87. The first-order chi connectivity index (χ1) is 18.6. The van der Waals surface area contributed by atoms with Gasteiger partial charge in [0.25, 0.3) is 11.8 Å². The summed E-state index contributed by atoms with van der Waals surface area (Å²) in [4.78, 5) is 34.2. The van der Waals surface area contributed by atoms with Crippen molar-refractivity contribution in [1.29, 1.82) is 0 Å². The molecule has 15 heteroatoms. The van der Waals surface area contributed by atoms with Crippen LogP contribution < -0.4 is 5.32 Å². The van der Waals surface area contributed by atoms with Crippen molar-refractivity contribution in [3.8, 4) is 0 Å². The minimum absolute atomic E-state index is 0.00459. The molecule has 3 heterocycles. The molecule has 0 bridgehead atoms. The van der Waals surface area contributed by atoms with E-state index in [0.717, 1.165) is 4.68 Å². The van der Waals surface area contributed by atoms with Gasteiger partial charge < -0.3 is 10.2 Å². The Morgan fingerprint density at radius 1 is 1.02 bits per heavy atom. The van der Waals surface area contributed by atoms with Gasteiger partial charge in [0.2, 0.25) is 0 Å². The molecular weight excluding hydrogens is 610 g/mol. The highest BCUT2D eigenvalue weighted by Gasteiger charge is 2.40. The highest BCUT2D eigenvalue weighted by atomic mass is 79.9. The Kier molecular flexibility index (Phi) is 7.62. The van der Waals surface area contributed by atoms with Crippen molar-refractivity contribution in [2.24, 2.45) is 0 Å². The molecule has 3 aromatic heterocycles. The van der Waals surface area contributed by atoms with E-state index in [9.17, 15) is 35.9 Å². The molecule has 0 radical (unpaired) electrons. The van der Waals surface area contributed by atoms with Crippen LogP contribution in [-0.4, -0.2) is 50.6 Å². The summed E-state index contributed by atoms with van der Waals surface area (Å²) >= 11 is 3.17. The van der Waals surface area contributed by atoms with Gasteiger partial charge in [-0.25, -0.2) is 4.98 Å². The molecule has 0 aliphatic carbocycles. The number of hydrogen-bond donors (Lipinski definition) is 1. The van der Waals surface area contributed by atoms with Crippen LogP contribution in [0.4, 0.5) is 32.0 Å². The highest BCUT2D eigenvalue weighted by molar-refractivity contribution is 9.10. The molecule has 0 saturated heterocycles. The van der Waals surface area contributed by atoms with Crippen LogP contribution in [0.25, 0.3) is 10.9 Å². The van der Waals surface area contributed by atoms with Crippen molar-refractivity contribution in [2.75, 3.05) is 19.4 Å². The number of carbonyl (C=O) groups is 2. The van der Waals surface area contributed by atoms with E-state index in [1.165, 1.54) is 48.4 Å². The number of carbonyl (C=O) groups excluding carboxylic acids is 2. The minimum Gasteiger partial charge on any atom is -0.345 e. The highest BCUT2D eigenvalue weighted by Crippen LogP contribution is 2.37. The minimum atomic E-state index is -5.01. The standard InChI is InChI=1S/C25H19BrF6N6O2/c1-12-20(35-22(39)17-9-19(24(27,28)29)34-18-7-5-14(26)8-16(17)18)21(25(30,31)32)36-38(12)11-15-6-4-13(10-33-15)23(40)37(2)3/h4-10H,11H2,1-3H3,(H,35,39). The van der Waals surface area contributed by atoms with Gasteiger partial charge in [0.05, 0.1) is 40.3 Å². The van der Waals surface area contributed by atoms with Gasteiger partial charge in [0.15, 0.2) is 5.69 Å². The van der Waals surface area contributed by atoms with Crippen molar-refractivity contribution in [3.63, 3.8) is 0 Å². The van der Waals surface area contributed by atoms with E-state index in [1.54, 1.807) is 14.1 Å². The average molecular weight is 629 g/mol. The molecule has 1 N–H and O–H groups in total. The number of amides is 2. The Morgan fingerprint density at radius 2 is 1.73 bits per heavy atom. The van der Waals surface area contributed by atoms with Gasteiger partial charge in [0, 0.05) is 30.2 Å². The van der Waals surface area contributed by atoms with Gasteiger partial charge in [-0.1, -0.05) is 15.9 Å². The smallest absolute Gasteiger partial charge is 0.345 e. The quantitative estimate of drug-likeness (QED) is 0.276. The van der Waals surface area contributed by atoms with Gasteiger partial charge in [-0.15, -0.1) is 0 Å². The fourth-order valence-corrected chi connectivity index (χ4v) is 4.18. The maximum absolute atomic E-state index is 13.9. The molecule has 0 aliphatic heterocycles. The summed E-state index contributed by atoms with van der Waals surface area (Å²) in [5, 5.41) is 5.71. The maximum atomic E-state index is 13.9. The fourth-order valence-electron chi connectivity index (χ4n) is 3.82. The van der Waals surface area contributed by atoms with Crippen molar-refractivity contribution in [2.45, 2.75) is 25.8 Å². The first kappa shape index (κ1) is 29.0. The average Bonchev–Trinajstić information content (AvgIpc) is 3.17. The number of aromatic nitrogens is 4. The number of benzene rings is 1. The summed E-state index contributed by atoms with van der Waals surface area (Å²) < 4.78 is 83.6. The second-order valence-corrected chi connectivity index (χ2v) is 9.79. The number of hydrogen-bond acceptors (Lipinski definition) is 5. The number of nitrogens with zero attached hydrogens (tertiary/aromatic N) is 5. The predicted octanol–water partition coefficient (Wildman–Crippen LogP) is 5.94. The Balaban J connectivity index is 1.73. The van der Waals surface area contributed by atoms with Crippen LogP contribution >= 0.6 is 15.9 Å². The number of nitrogens with one attached hydrogen (secondary N) is 1. The van der Waals surface area contributed by atoms with E-state index in [2.05, 4.69) is 36.3 Å². The lowest BCUT2D eigenvalue weighted by Crippen LogP contribution is -2.21. The first-order valence-corrected chi connectivity index (χ1v) is 12.2. The molecule has 4 aromatic rings. The van der Waals surface area contributed by atoms with Gasteiger partial charge in [-0.2, -0.15) is 31.4 Å². The number of rotatable bonds is 5. The molecule has 2 amide bonds. The molecule has 0 aliphatic rings. The largest absolute Gasteiger partial charge is 0.437 e. The molecule has 4 rings (SSSR count). The fraction of sp³-hybridized carbons (Fsp3) is 0.240. The molecule has 0 saturated carbocycles. The zero-order valence-electron chi connectivity index (χ0n) is 20.9. The summed E-state index contributed by atoms with van der Waals surface area (Å²) in [5.41, 5.74) is -3.81. The number of alkyl halides is 6. The topological polar surface area (TPSA) is 93.0 Å². The van der Waals surface area contributed by atoms with Crippen molar-refractivity contribution in [1.82, 2.24) is 24.6 Å². The van der Waals surface area contributed by atoms with E-state index in [0.29, 0.717) is 10.5 Å². The first-order valence-electron chi connectivity index (χ1n) is 11.4. The summed E-state index contributed by atoms with van der Waals surface area (Å²) in [6.45, 7) is 1.02. The number of halogens is 7.